The number of nitro benzene ring substituents is 1. The maximum Gasteiger partial charge on any atom is 0.287 e. The van der Waals surface area contributed by atoms with Crippen LogP contribution < -0.4 is 5.32 Å². The summed E-state index contributed by atoms with van der Waals surface area (Å²) in [6.45, 7) is 0. The van der Waals surface area contributed by atoms with Crippen molar-refractivity contribution in [1.29, 1.82) is 0 Å². The monoisotopic (exact) mass is 293 g/mol. The van der Waals surface area contributed by atoms with Crippen LogP contribution in [0.4, 0.5) is 11.4 Å². The lowest BCUT2D eigenvalue weighted by molar-refractivity contribution is -0.385. The summed E-state index contributed by atoms with van der Waals surface area (Å²) in [5.41, 5.74) is -0.0790. The third-order valence-corrected chi connectivity index (χ3v) is 3.96. The summed E-state index contributed by atoms with van der Waals surface area (Å²) in [7, 11) is -4.00. The van der Waals surface area contributed by atoms with Crippen LogP contribution in [0.2, 0.25) is 0 Å². The van der Waals surface area contributed by atoms with Gasteiger partial charge in [-0.25, -0.2) is 4.98 Å². The van der Waals surface area contributed by atoms with Gasteiger partial charge < -0.3 is 5.32 Å². The van der Waals surface area contributed by atoms with Crippen molar-refractivity contribution in [3.05, 3.63) is 47.0 Å². The van der Waals surface area contributed by atoms with E-state index in [4.69, 9.17) is 0 Å². The average Bonchev–Trinajstić information content (AvgIpc) is 2.91. The van der Waals surface area contributed by atoms with E-state index < -0.39 is 14.9 Å². The molecule has 1 aromatic carbocycles. The molecule has 0 fully saturated rings. The van der Waals surface area contributed by atoms with Gasteiger partial charge >= 0.3 is 0 Å². The molecule has 20 heavy (non-hydrogen) atoms. The van der Waals surface area contributed by atoms with Gasteiger partial charge in [-0.1, -0.05) is 0 Å². The SMILES string of the molecule is O=[N+]([O-])c1ccc2c(c1)S(=O)(=O)N=C(n1ccnc1)N2. The van der Waals surface area contributed by atoms with E-state index in [2.05, 4.69) is 14.7 Å². The van der Waals surface area contributed by atoms with Crippen molar-refractivity contribution in [2.75, 3.05) is 5.32 Å². The number of hydrogen-bond donors (Lipinski definition) is 1. The minimum absolute atomic E-state index is 0.0591. The molecule has 2 heterocycles. The summed E-state index contributed by atoms with van der Waals surface area (Å²) in [6, 6.07) is 3.53. The first-order valence-electron chi connectivity index (χ1n) is 5.36. The van der Waals surface area contributed by atoms with Gasteiger partial charge in [-0.2, -0.15) is 8.42 Å². The van der Waals surface area contributed by atoms with Crippen LogP contribution in [0.25, 0.3) is 0 Å². The van der Waals surface area contributed by atoms with Gasteiger partial charge in [0.1, 0.15) is 11.2 Å². The molecule has 1 aromatic heterocycles. The van der Waals surface area contributed by atoms with Gasteiger partial charge in [0.15, 0.2) is 0 Å². The lowest BCUT2D eigenvalue weighted by atomic mass is 10.3. The summed E-state index contributed by atoms with van der Waals surface area (Å²) >= 11 is 0. The largest absolute Gasteiger partial charge is 0.323 e. The number of nitrogens with one attached hydrogen (secondary N) is 1. The van der Waals surface area contributed by atoms with Crippen LogP contribution in [0.1, 0.15) is 0 Å². The number of nitro groups is 1. The number of non-ortho nitro benzene ring substituents is 1. The van der Waals surface area contributed by atoms with Gasteiger partial charge in [0, 0.05) is 24.5 Å². The Labute approximate surface area is 112 Å². The molecule has 0 amide bonds. The molecule has 9 nitrogen and oxygen atoms in total. The molecule has 102 valence electrons. The van der Waals surface area contributed by atoms with Crippen LogP contribution >= 0.6 is 0 Å². The summed E-state index contributed by atoms with van der Waals surface area (Å²) in [4.78, 5) is 13.6. The normalized spacial score (nSPS) is 15.9. The van der Waals surface area contributed by atoms with Crippen molar-refractivity contribution in [3.63, 3.8) is 0 Å². The summed E-state index contributed by atoms with van der Waals surface area (Å²) in [6.07, 6.45) is 4.39. The van der Waals surface area contributed by atoms with E-state index in [-0.39, 0.29) is 22.2 Å². The van der Waals surface area contributed by atoms with Crippen molar-refractivity contribution in [2.24, 2.45) is 4.40 Å². The lowest BCUT2D eigenvalue weighted by Gasteiger charge is -2.17. The second-order valence-corrected chi connectivity index (χ2v) is 5.50. The van der Waals surface area contributed by atoms with Crippen LogP contribution in [0.3, 0.4) is 0 Å². The minimum Gasteiger partial charge on any atom is -0.323 e. The smallest absolute Gasteiger partial charge is 0.287 e. The fourth-order valence-electron chi connectivity index (χ4n) is 1.74. The zero-order chi connectivity index (χ0) is 14.3. The molecule has 10 heteroatoms. The molecular formula is C10H7N5O4S. The fraction of sp³-hybridized carbons (Fsp3) is 0. The number of rotatable bonds is 1. The third kappa shape index (κ3) is 1.91. The molecule has 0 saturated carbocycles. The Kier molecular flexibility index (Phi) is 2.54. The standard InChI is InChI=1S/C10H7N5O4S/c16-15(17)7-1-2-8-9(5-7)20(18,19)13-10(12-8)14-4-3-11-6-14/h1-6H,(H,12,13). The van der Waals surface area contributed by atoms with E-state index in [1.54, 1.807) is 0 Å². The van der Waals surface area contributed by atoms with Crippen molar-refractivity contribution >= 4 is 27.4 Å². The number of benzene rings is 1. The summed E-state index contributed by atoms with van der Waals surface area (Å²) < 4.78 is 29.1. The number of fused-ring (bicyclic) bond motifs is 1. The van der Waals surface area contributed by atoms with Crippen LogP contribution in [-0.2, 0) is 10.0 Å². The highest BCUT2D eigenvalue weighted by Crippen LogP contribution is 2.30. The third-order valence-electron chi connectivity index (χ3n) is 2.66. The number of hydrogen-bond acceptors (Lipinski definition) is 6. The highest BCUT2D eigenvalue weighted by atomic mass is 32.2. The Morgan fingerprint density at radius 2 is 2.15 bits per heavy atom. The Bertz CT molecular complexity index is 825. The first-order chi connectivity index (χ1) is 9.47. The lowest BCUT2D eigenvalue weighted by Crippen LogP contribution is -2.27. The zero-order valence-corrected chi connectivity index (χ0v) is 10.6. The maximum absolute atomic E-state index is 12.1. The highest BCUT2D eigenvalue weighted by Gasteiger charge is 2.27. The molecule has 0 unspecified atom stereocenters. The molecule has 0 spiro atoms. The molecule has 3 rings (SSSR count). The Balaban J connectivity index is 2.15. The van der Waals surface area contributed by atoms with Gasteiger partial charge in [0.25, 0.3) is 15.7 Å². The Hall–Kier alpha value is -2.75. The van der Waals surface area contributed by atoms with Crippen molar-refractivity contribution in [2.45, 2.75) is 4.90 Å². The van der Waals surface area contributed by atoms with Gasteiger partial charge in [-0.15, -0.1) is 4.40 Å². The summed E-state index contributed by atoms with van der Waals surface area (Å²) in [5, 5.41) is 13.5. The fourth-order valence-corrected chi connectivity index (χ4v) is 2.88. The van der Waals surface area contributed by atoms with E-state index in [0.717, 1.165) is 6.07 Å². The molecule has 2 aromatic rings. The number of nitrogens with zero attached hydrogens (tertiary/aromatic N) is 4. The van der Waals surface area contributed by atoms with Crippen LogP contribution in [-0.4, -0.2) is 28.9 Å². The van der Waals surface area contributed by atoms with Crippen LogP contribution in [0, 0.1) is 10.1 Å². The molecule has 0 saturated heterocycles. The number of aromatic nitrogens is 2. The van der Waals surface area contributed by atoms with E-state index >= 15 is 0 Å². The quantitative estimate of drug-likeness (QED) is 0.613. The van der Waals surface area contributed by atoms with E-state index in [1.807, 2.05) is 0 Å². The molecule has 0 radical (unpaired) electrons. The topological polar surface area (TPSA) is 119 Å². The van der Waals surface area contributed by atoms with Gasteiger partial charge in [0.05, 0.1) is 10.6 Å². The van der Waals surface area contributed by atoms with Crippen LogP contribution in [0.5, 0.6) is 0 Å². The van der Waals surface area contributed by atoms with Gasteiger partial charge in [-0.3, -0.25) is 14.7 Å². The molecule has 0 aliphatic carbocycles. The molecule has 1 aliphatic heterocycles. The van der Waals surface area contributed by atoms with Gasteiger partial charge in [-0.05, 0) is 6.07 Å². The number of imidazole rings is 1. The molecule has 1 N–H and O–H groups in total. The first kappa shape index (κ1) is 12.3. The number of sulfonamides is 1. The molecule has 0 bridgehead atoms. The minimum atomic E-state index is -4.00. The predicted molar refractivity (Wildman–Crippen MR) is 69.0 cm³/mol. The van der Waals surface area contributed by atoms with Crippen LogP contribution in [0.15, 0.2) is 46.2 Å². The molecule has 0 atom stereocenters. The van der Waals surface area contributed by atoms with Crippen molar-refractivity contribution < 1.29 is 13.3 Å². The van der Waals surface area contributed by atoms with Crippen molar-refractivity contribution in [3.8, 4) is 0 Å². The average molecular weight is 293 g/mol. The van der Waals surface area contributed by atoms with Crippen molar-refractivity contribution in [1.82, 2.24) is 9.55 Å². The Morgan fingerprint density at radius 3 is 2.80 bits per heavy atom. The first-order valence-corrected chi connectivity index (χ1v) is 6.80. The predicted octanol–water partition coefficient (Wildman–Crippen LogP) is 0.810. The zero-order valence-electron chi connectivity index (χ0n) is 9.79. The second kappa shape index (κ2) is 4.13. The highest BCUT2D eigenvalue weighted by molar-refractivity contribution is 7.90. The number of anilines is 1. The maximum atomic E-state index is 12.1. The summed E-state index contributed by atoms with van der Waals surface area (Å²) in [5.74, 6) is 0.0591. The molecular weight excluding hydrogens is 286 g/mol. The van der Waals surface area contributed by atoms with E-state index in [0.29, 0.717) is 0 Å². The van der Waals surface area contributed by atoms with E-state index in [9.17, 15) is 18.5 Å². The van der Waals surface area contributed by atoms with Gasteiger partial charge in [0.2, 0.25) is 5.96 Å². The van der Waals surface area contributed by atoms with E-state index in [1.165, 1.54) is 35.4 Å². The Morgan fingerprint density at radius 1 is 1.35 bits per heavy atom. The molecule has 1 aliphatic rings. The second-order valence-electron chi connectivity index (χ2n) is 3.92.